The summed E-state index contributed by atoms with van der Waals surface area (Å²) >= 11 is 0. The standard InChI is InChI=1S/C71H135NO5/c1-3-5-7-9-11-13-15-16-17-18-19-20-21-25-28-31-34-37-40-44-47-51-55-59-63-69(74)68(67-73)72-70(75)64-60-56-52-48-45-41-38-35-32-29-26-23-22-24-27-30-33-36-39-42-46-50-54-58-62-66-77-71(76)65-61-57-53-49-43-14-12-10-8-6-4-2/h10,12,23,26,59,63,68-69,73-74H,3-9,11,13-22,24-25,27-58,60-62,64-67H2,1-2H3,(H,72,75)/b12-10-,26-23-,63-59+. The van der Waals surface area contributed by atoms with Crippen molar-refractivity contribution in [2.45, 2.75) is 392 Å². The lowest BCUT2D eigenvalue weighted by molar-refractivity contribution is -0.143. The third kappa shape index (κ3) is 63.1. The van der Waals surface area contributed by atoms with Crippen molar-refractivity contribution in [1.82, 2.24) is 5.32 Å². The van der Waals surface area contributed by atoms with Crippen molar-refractivity contribution in [2.75, 3.05) is 13.2 Å². The zero-order valence-electron chi connectivity index (χ0n) is 52.0. The molecule has 2 unspecified atom stereocenters. The summed E-state index contributed by atoms with van der Waals surface area (Å²) in [5, 5.41) is 23.3. The van der Waals surface area contributed by atoms with Gasteiger partial charge in [-0.1, -0.05) is 326 Å². The van der Waals surface area contributed by atoms with Gasteiger partial charge in [-0.15, -0.1) is 0 Å². The first kappa shape index (κ1) is 75.1. The Morgan fingerprint density at radius 2 is 0.623 bits per heavy atom. The summed E-state index contributed by atoms with van der Waals surface area (Å²) in [5.74, 6) is -0.0651. The maximum Gasteiger partial charge on any atom is 0.305 e. The Kier molecular flexibility index (Phi) is 64.9. The molecule has 0 aromatic rings. The van der Waals surface area contributed by atoms with Gasteiger partial charge in [-0.25, -0.2) is 0 Å². The molecule has 454 valence electrons. The SMILES string of the molecule is CCCC/C=C\CCCCCCCC(=O)OCCCCCCCCCCCCCC/C=C\CCCCCCCCCCCC(=O)NC(CO)C(O)/C=C/CCCCCCCCCCCCCCCCCCCCCCCC. The van der Waals surface area contributed by atoms with E-state index in [4.69, 9.17) is 4.74 Å². The van der Waals surface area contributed by atoms with E-state index >= 15 is 0 Å². The molecule has 1 amide bonds. The van der Waals surface area contributed by atoms with Crippen LogP contribution in [0.25, 0.3) is 0 Å². The van der Waals surface area contributed by atoms with Gasteiger partial charge in [-0.2, -0.15) is 0 Å². The molecule has 0 heterocycles. The second kappa shape index (κ2) is 66.6. The van der Waals surface area contributed by atoms with Crippen molar-refractivity contribution in [3.05, 3.63) is 36.5 Å². The molecule has 0 aromatic heterocycles. The van der Waals surface area contributed by atoms with Gasteiger partial charge in [-0.3, -0.25) is 9.59 Å². The minimum Gasteiger partial charge on any atom is -0.466 e. The second-order valence-corrected chi connectivity index (χ2v) is 23.9. The largest absolute Gasteiger partial charge is 0.466 e. The zero-order chi connectivity index (χ0) is 55.7. The zero-order valence-corrected chi connectivity index (χ0v) is 52.0. The monoisotopic (exact) mass is 1080 g/mol. The lowest BCUT2D eigenvalue weighted by Gasteiger charge is -2.20. The van der Waals surface area contributed by atoms with E-state index in [0.29, 0.717) is 19.4 Å². The van der Waals surface area contributed by atoms with Crippen LogP contribution in [0.2, 0.25) is 0 Å². The van der Waals surface area contributed by atoms with Gasteiger partial charge in [0, 0.05) is 12.8 Å². The van der Waals surface area contributed by atoms with Gasteiger partial charge in [0.05, 0.1) is 25.4 Å². The van der Waals surface area contributed by atoms with Crippen LogP contribution in [0.15, 0.2) is 36.5 Å². The molecule has 77 heavy (non-hydrogen) atoms. The minimum atomic E-state index is -0.848. The predicted molar refractivity (Wildman–Crippen MR) is 338 cm³/mol. The second-order valence-electron chi connectivity index (χ2n) is 23.9. The van der Waals surface area contributed by atoms with Crippen molar-refractivity contribution in [2.24, 2.45) is 0 Å². The third-order valence-electron chi connectivity index (χ3n) is 16.1. The van der Waals surface area contributed by atoms with Gasteiger partial charge in [0.2, 0.25) is 5.91 Å². The average Bonchev–Trinajstić information content (AvgIpc) is 3.43. The molecule has 2 atom stereocenters. The van der Waals surface area contributed by atoms with Crippen LogP contribution in [-0.4, -0.2) is 47.4 Å². The number of aliphatic hydroxyl groups excluding tert-OH is 2. The normalized spacial score (nSPS) is 12.7. The van der Waals surface area contributed by atoms with E-state index in [-0.39, 0.29) is 18.5 Å². The van der Waals surface area contributed by atoms with E-state index in [1.165, 1.54) is 308 Å². The average molecular weight is 1080 g/mol. The van der Waals surface area contributed by atoms with Crippen molar-refractivity contribution < 1.29 is 24.5 Å². The highest BCUT2D eigenvalue weighted by Crippen LogP contribution is 2.18. The Morgan fingerprint density at radius 1 is 0.351 bits per heavy atom. The molecule has 0 aromatic carbocycles. The maximum absolute atomic E-state index is 12.5. The lowest BCUT2D eigenvalue weighted by atomic mass is 10.0. The molecule has 0 bridgehead atoms. The molecular weight excluding hydrogens is 947 g/mol. The molecule has 0 fully saturated rings. The van der Waals surface area contributed by atoms with E-state index in [0.717, 1.165) is 44.9 Å². The van der Waals surface area contributed by atoms with Crippen molar-refractivity contribution in [3.63, 3.8) is 0 Å². The van der Waals surface area contributed by atoms with Crippen LogP contribution in [-0.2, 0) is 14.3 Å². The van der Waals surface area contributed by atoms with Crippen LogP contribution in [0, 0.1) is 0 Å². The molecule has 6 heteroatoms. The Balaban J connectivity index is 3.44. The predicted octanol–water partition coefficient (Wildman–Crippen LogP) is 22.3. The summed E-state index contributed by atoms with van der Waals surface area (Å²) in [6.45, 7) is 4.89. The van der Waals surface area contributed by atoms with Crippen LogP contribution in [0.4, 0.5) is 0 Å². The van der Waals surface area contributed by atoms with Crippen LogP contribution in [0.5, 0.6) is 0 Å². The summed E-state index contributed by atoms with van der Waals surface area (Å²) in [7, 11) is 0. The number of amides is 1. The molecule has 0 aliphatic heterocycles. The number of carbonyl (C=O) groups excluding carboxylic acids is 2. The van der Waals surface area contributed by atoms with Gasteiger partial charge < -0.3 is 20.3 Å². The fraction of sp³-hybridized carbons (Fsp3) is 0.887. The molecule has 0 saturated carbocycles. The molecule has 0 spiro atoms. The van der Waals surface area contributed by atoms with Crippen LogP contribution < -0.4 is 5.32 Å². The number of allylic oxidation sites excluding steroid dienone is 5. The molecule has 0 radical (unpaired) electrons. The van der Waals surface area contributed by atoms with Gasteiger partial charge in [0.1, 0.15) is 0 Å². The smallest absolute Gasteiger partial charge is 0.305 e. The first-order chi connectivity index (χ1) is 38.0. The minimum absolute atomic E-state index is 0.00224. The van der Waals surface area contributed by atoms with E-state index in [2.05, 4.69) is 43.5 Å². The van der Waals surface area contributed by atoms with Crippen LogP contribution in [0.3, 0.4) is 0 Å². The number of unbranched alkanes of at least 4 members (excludes halogenated alkanes) is 50. The van der Waals surface area contributed by atoms with E-state index < -0.39 is 12.1 Å². The summed E-state index contributed by atoms with van der Waals surface area (Å²) < 4.78 is 5.46. The summed E-state index contributed by atoms with van der Waals surface area (Å²) in [5.41, 5.74) is 0. The molecule has 0 aliphatic rings. The number of hydrogen-bond acceptors (Lipinski definition) is 5. The Morgan fingerprint density at radius 3 is 0.961 bits per heavy atom. The topological polar surface area (TPSA) is 95.9 Å². The first-order valence-corrected chi connectivity index (χ1v) is 34.8. The third-order valence-corrected chi connectivity index (χ3v) is 16.1. The summed E-state index contributed by atoms with van der Waals surface area (Å²) in [6.07, 6.45) is 85.0. The van der Waals surface area contributed by atoms with Crippen molar-refractivity contribution in [1.29, 1.82) is 0 Å². The van der Waals surface area contributed by atoms with Crippen LogP contribution in [0.1, 0.15) is 380 Å². The number of esters is 1. The Hall–Kier alpha value is -1.92. The number of aliphatic hydroxyl groups is 2. The van der Waals surface area contributed by atoms with Crippen molar-refractivity contribution in [3.8, 4) is 0 Å². The molecule has 6 nitrogen and oxygen atoms in total. The Bertz CT molecular complexity index is 1250. The highest BCUT2D eigenvalue weighted by atomic mass is 16.5. The summed E-state index contributed by atoms with van der Waals surface area (Å²) in [6, 6.07) is -0.632. The molecule has 0 aliphatic carbocycles. The lowest BCUT2D eigenvalue weighted by Crippen LogP contribution is -2.45. The first-order valence-electron chi connectivity index (χ1n) is 34.8. The number of ether oxygens (including phenoxy) is 1. The molecule has 0 saturated heterocycles. The number of carbonyl (C=O) groups is 2. The molecule has 3 N–H and O–H groups in total. The maximum atomic E-state index is 12.5. The van der Waals surface area contributed by atoms with Crippen molar-refractivity contribution >= 4 is 11.9 Å². The number of hydrogen-bond donors (Lipinski definition) is 3. The number of nitrogens with one attached hydrogen (secondary N) is 1. The van der Waals surface area contributed by atoms with Gasteiger partial charge >= 0.3 is 5.97 Å². The van der Waals surface area contributed by atoms with E-state index in [9.17, 15) is 19.8 Å². The molecule has 0 rings (SSSR count). The highest BCUT2D eigenvalue weighted by molar-refractivity contribution is 5.76. The summed E-state index contributed by atoms with van der Waals surface area (Å²) in [4.78, 5) is 24.5. The molecular formula is C71H135NO5. The van der Waals surface area contributed by atoms with E-state index in [1.807, 2.05) is 6.08 Å². The Labute approximate surface area is 481 Å². The fourth-order valence-electron chi connectivity index (χ4n) is 10.8. The fourth-order valence-corrected chi connectivity index (χ4v) is 10.8. The van der Waals surface area contributed by atoms with Gasteiger partial charge in [0.15, 0.2) is 0 Å². The van der Waals surface area contributed by atoms with Gasteiger partial charge in [0.25, 0.3) is 0 Å². The van der Waals surface area contributed by atoms with E-state index in [1.54, 1.807) is 6.08 Å². The van der Waals surface area contributed by atoms with Crippen LogP contribution >= 0.6 is 0 Å². The number of rotatable bonds is 65. The highest BCUT2D eigenvalue weighted by Gasteiger charge is 2.18. The quantitative estimate of drug-likeness (QED) is 0.0320. The van der Waals surface area contributed by atoms with Gasteiger partial charge in [-0.05, 0) is 77.0 Å².